The van der Waals surface area contributed by atoms with Crippen LogP contribution >= 0.6 is 0 Å². The summed E-state index contributed by atoms with van der Waals surface area (Å²) >= 11 is 0. The van der Waals surface area contributed by atoms with Crippen LogP contribution in [-0.4, -0.2) is 27.5 Å². The van der Waals surface area contributed by atoms with Gasteiger partial charge in [0.2, 0.25) is 0 Å². The Labute approximate surface area is 204 Å². The van der Waals surface area contributed by atoms with Crippen LogP contribution in [0.2, 0.25) is 0 Å². The first-order valence-corrected chi connectivity index (χ1v) is 12.6. The zero-order valence-electron chi connectivity index (χ0n) is 19.4. The van der Waals surface area contributed by atoms with Crippen molar-refractivity contribution in [2.24, 2.45) is 0 Å². The predicted molar refractivity (Wildman–Crippen MR) is 138 cm³/mol. The molecular formula is C27H26N2O5S. The molecule has 0 spiro atoms. The van der Waals surface area contributed by atoms with Gasteiger partial charge in [-0.3, -0.25) is 9.52 Å². The monoisotopic (exact) mass is 490 g/mol. The molecule has 180 valence electrons. The second-order valence-electron chi connectivity index (χ2n) is 7.87. The van der Waals surface area contributed by atoms with Crippen LogP contribution in [0.15, 0.2) is 95.9 Å². The lowest BCUT2D eigenvalue weighted by atomic mass is 10.1. The van der Waals surface area contributed by atoms with Crippen molar-refractivity contribution in [2.75, 3.05) is 17.1 Å². The number of hydrogen-bond donors (Lipinski definition) is 2. The smallest absolute Gasteiger partial charge is 0.265 e. The second kappa shape index (κ2) is 10.5. The number of sulfonamides is 1. The van der Waals surface area contributed by atoms with Gasteiger partial charge >= 0.3 is 0 Å². The first-order chi connectivity index (χ1) is 16.9. The first-order valence-electron chi connectivity index (χ1n) is 11.1. The summed E-state index contributed by atoms with van der Waals surface area (Å²) in [7, 11) is -2.25. The molecule has 1 amide bonds. The molecule has 0 aliphatic rings. The lowest BCUT2D eigenvalue weighted by molar-refractivity contribution is -0.122. The van der Waals surface area contributed by atoms with Gasteiger partial charge in [0.25, 0.3) is 15.9 Å². The Morgan fingerprint density at radius 1 is 0.829 bits per heavy atom. The SMILES string of the molecule is CC[C@@H](Oc1ccc2ccccc2c1)C(=O)Nc1ccc(S(=O)(=O)Nc2ccc(OC)cc2)cc1. The average molecular weight is 491 g/mol. The summed E-state index contributed by atoms with van der Waals surface area (Å²) in [4.78, 5) is 12.9. The number of carbonyl (C=O) groups excluding carboxylic acids is 1. The summed E-state index contributed by atoms with van der Waals surface area (Å²) in [5, 5.41) is 4.92. The number of ether oxygens (including phenoxy) is 2. The maximum absolute atomic E-state index is 12.8. The van der Waals surface area contributed by atoms with Gasteiger partial charge < -0.3 is 14.8 Å². The lowest BCUT2D eigenvalue weighted by Gasteiger charge is -2.18. The molecule has 8 heteroatoms. The molecule has 1 atom stereocenters. The number of benzene rings is 4. The van der Waals surface area contributed by atoms with Gasteiger partial charge in [0.1, 0.15) is 11.5 Å². The number of rotatable bonds is 9. The van der Waals surface area contributed by atoms with E-state index in [0.29, 0.717) is 29.3 Å². The van der Waals surface area contributed by atoms with Crippen LogP contribution in [0.3, 0.4) is 0 Å². The predicted octanol–water partition coefficient (Wildman–Crippen LogP) is 5.45. The lowest BCUT2D eigenvalue weighted by Crippen LogP contribution is -2.32. The van der Waals surface area contributed by atoms with Crippen molar-refractivity contribution >= 4 is 38.1 Å². The van der Waals surface area contributed by atoms with Gasteiger partial charge in [-0.15, -0.1) is 0 Å². The van der Waals surface area contributed by atoms with Crippen LogP contribution < -0.4 is 19.5 Å². The molecule has 7 nitrogen and oxygen atoms in total. The van der Waals surface area contributed by atoms with Crippen LogP contribution in [0, 0.1) is 0 Å². The Bertz CT molecular complexity index is 1420. The Morgan fingerprint density at radius 3 is 2.11 bits per heavy atom. The molecule has 0 saturated carbocycles. The number of carbonyl (C=O) groups is 1. The molecule has 0 aliphatic heterocycles. The fraction of sp³-hybridized carbons (Fsp3) is 0.148. The molecule has 0 saturated heterocycles. The molecular weight excluding hydrogens is 464 g/mol. The minimum atomic E-state index is -3.79. The second-order valence-corrected chi connectivity index (χ2v) is 9.55. The Kier molecular flexibility index (Phi) is 7.22. The number of fused-ring (bicyclic) bond motifs is 1. The van der Waals surface area contributed by atoms with E-state index in [1.165, 1.54) is 19.2 Å². The molecule has 0 heterocycles. The average Bonchev–Trinajstić information content (AvgIpc) is 2.87. The van der Waals surface area contributed by atoms with Gasteiger partial charge in [-0.25, -0.2) is 8.42 Å². The van der Waals surface area contributed by atoms with Crippen molar-refractivity contribution in [2.45, 2.75) is 24.3 Å². The van der Waals surface area contributed by atoms with Crippen LogP contribution in [0.4, 0.5) is 11.4 Å². The van der Waals surface area contributed by atoms with E-state index in [1.807, 2.05) is 49.4 Å². The van der Waals surface area contributed by atoms with Crippen LogP contribution in [0.1, 0.15) is 13.3 Å². The van der Waals surface area contributed by atoms with Gasteiger partial charge in [-0.05, 0) is 77.9 Å². The van der Waals surface area contributed by atoms with Gasteiger partial charge in [-0.2, -0.15) is 0 Å². The molecule has 35 heavy (non-hydrogen) atoms. The van der Waals surface area contributed by atoms with E-state index in [-0.39, 0.29) is 10.8 Å². The largest absolute Gasteiger partial charge is 0.497 e. The van der Waals surface area contributed by atoms with Crippen molar-refractivity contribution in [3.63, 3.8) is 0 Å². The van der Waals surface area contributed by atoms with Crippen molar-refractivity contribution in [3.05, 3.63) is 91.0 Å². The van der Waals surface area contributed by atoms with Crippen LogP contribution in [0.5, 0.6) is 11.5 Å². The molecule has 0 bridgehead atoms. The number of hydrogen-bond acceptors (Lipinski definition) is 5. The zero-order chi connectivity index (χ0) is 24.8. The Hall–Kier alpha value is -4.04. The van der Waals surface area contributed by atoms with E-state index in [4.69, 9.17) is 9.47 Å². The summed E-state index contributed by atoms with van der Waals surface area (Å²) in [5.74, 6) is 0.924. The molecule has 4 rings (SSSR count). The number of anilines is 2. The summed E-state index contributed by atoms with van der Waals surface area (Å²) < 4.78 is 38.9. The summed E-state index contributed by atoms with van der Waals surface area (Å²) in [6, 6.07) is 26.2. The normalized spacial score (nSPS) is 12.1. The summed E-state index contributed by atoms with van der Waals surface area (Å²) in [5.41, 5.74) is 0.888. The highest BCUT2D eigenvalue weighted by atomic mass is 32.2. The third kappa shape index (κ3) is 5.91. The minimum absolute atomic E-state index is 0.0748. The molecule has 2 N–H and O–H groups in total. The Morgan fingerprint density at radius 2 is 1.46 bits per heavy atom. The maximum atomic E-state index is 12.8. The quantitative estimate of drug-likeness (QED) is 0.326. The van der Waals surface area contributed by atoms with E-state index < -0.39 is 16.1 Å². The molecule has 0 unspecified atom stereocenters. The molecule has 0 fully saturated rings. The van der Waals surface area contributed by atoms with Crippen molar-refractivity contribution in [1.29, 1.82) is 0 Å². The van der Waals surface area contributed by atoms with Gasteiger partial charge in [0.15, 0.2) is 6.10 Å². The molecule has 4 aromatic rings. The summed E-state index contributed by atoms with van der Waals surface area (Å²) in [6.07, 6.45) is -0.229. The highest BCUT2D eigenvalue weighted by Crippen LogP contribution is 2.23. The zero-order valence-corrected chi connectivity index (χ0v) is 20.2. The van der Waals surface area contributed by atoms with Crippen molar-refractivity contribution in [1.82, 2.24) is 0 Å². The standard InChI is InChI=1S/C27H26N2O5S/c1-3-26(34-24-13-8-19-6-4-5-7-20(19)18-24)27(30)28-21-11-16-25(17-12-21)35(31,32)29-22-9-14-23(33-2)15-10-22/h4-18,26,29H,3H2,1-2H3,(H,28,30)/t26-/m1/s1. The molecule has 0 aliphatic carbocycles. The summed E-state index contributed by atoms with van der Waals surface area (Å²) in [6.45, 7) is 1.87. The van der Waals surface area contributed by atoms with E-state index in [1.54, 1.807) is 36.4 Å². The van der Waals surface area contributed by atoms with E-state index in [0.717, 1.165) is 10.8 Å². The van der Waals surface area contributed by atoms with Crippen molar-refractivity contribution < 1.29 is 22.7 Å². The van der Waals surface area contributed by atoms with E-state index in [2.05, 4.69) is 10.0 Å². The van der Waals surface area contributed by atoms with Gasteiger partial charge in [0.05, 0.1) is 12.0 Å². The fourth-order valence-electron chi connectivity index (χ4n) is 3.54. The number of amides is 1. The molecule has 4 aromatic carbocycles. The fourth-order valence-corrected chi connectivity index (χ4v) is 4.60. The number of methoxy groups -OCH3 is 1. The van der Waals surface area contributed by atoms with Crippen LogP contribution in [-0.2, 0) is 14.8 Å². The minimum Gasteiger partial charge on any atom is -0.497 e. The van der Waals surface area contributed by atoms with E-state index in [9.17, 15) is 13.2 Å². The topological polar surface area (TPSA) is 93.7 Å². The molecule has 0 aromatic heterocycles. The number of nitrogens with one attached hydrogen (secondary N) is 2. The van der Waals surface area contributed by atoms with E-state index >= 15 is 0 Å². The van der Waals surface area contributed by atoms with Gasteiger partial charge in [0, 0.05) is 11.4 Å². The third-order valence-electron chi connectivity index (χ3n) is 5.44. The maximum Gasteiger partial charge on any atom is 0.265 e. The highest BCUT2D eigenvalue weighted by Gasteiger charge is 2.20. The molecule has 0 radical (unpaired) electrons. The first kappa shape index (κ1) is 24.1. The Balaban J connectivity index is 1.41. The third-order valence-corrected chi connectivity index (χ3v) is 6.83. The van der Waals surface area contributed by atoms with Crippen LogP contribution in [0.25, 0.3) is 10.8 Å². The highest BCUT2D eigenvalue weighted by molar-refractivity contribution is 7.92. The van der Waals surface area contributed by atoms with Gasteiger partial charge in [-0.1, -0.05) is 37.3 Å². The van der Waals surface area contributed by atoms with Crippen molar-refractivity contribution in [3.8, 4) is 11.5 Å².